The summed E-state index contributed by atoms with van der Waals surface area (Å²) in [6.45, 7) is 7.86. The van der Waals surface area contributed by atoms with Crippen LogP contribution in [0.5, 0.6) is 0 Å². The largest absolute Gasteiger partial charge is 0.457 e. The standard InChI is InChI=1S/C10H18O4/c1-5-10(11)14-9(3)7-13-8(2)6-12-4/h5,8-9H,1,6-7H2,2-4H3. The van der Waals surface area contributed by atoms with E-state index in [9.17, 15) is 4.79 Å². The molecule has 0 spiro atoms. The highest BCUT2D eigenvalue weighted by Crippen LogP contribution is 1.97. The maximum absolute atomic E-state index is 10.8. The Balaban J connectivity index is 3.57. The van der Waals surface area contributed by atoms with Crippen molar-refractivity contribution in [2.24, 2.45) is 0 Å². The van der Waals surface area contributed by atoms with Gasteiger partial charge in [-0.3, -0.25) is 0 Å². The second-order valence-electron chi connectivity index (χ2n) is 3.05. The van der Waals surface area contributed by atoms with Crippen molar-refractivity contribution in [3.8, 4) is 0 Å². The third-order valence-corrected chi connectivity index (χ3v) is 1.50. The van der Waals surface area contributed by atoms with Crippen molar-refractivity contribution in [1.29, 1.82) is 0 Å². The molecule has 4 heteroatoms. The maximum atomic E-state index is 10.8. The van der Waals surface area contributed by atoms with Crippen LogP contribution >= 0.6 is 0 Å². The van der Waals surface area contributed by atoms with E-state index < -0.39 is 5.97 Å². The van der Waals surface area contributed by atoms with Crippen LogP contribution in [-0.2, 0) is 19.0 Å². The van der Waals surface area contributed by atoms with E-state index in [4.69, 9.17) is 14.2 Å². The first-order chi connectivity index (χ1) is 6.60. The molecule has 0 N–H and O–H groups in total. The lowest BCUT2D eigenvalue weighted by atomic mass is 10.4. The van der Waals surface area contributed by atoms with Crippen LogP contribution < -0.4 is 0 Å². The molecule has 0 heterocycles. The molecule has 0 amide bonds. The summed E-state index contributed by atoms with van der Waals surface area (Å²) in [5.74, 6) is -0.430. The van der Waals surface area contributed by atoms with Crippen LogP contribution in [0.15, 0.2) is 12.7 Å². The number of hydrogen-bond donors (Lipinski definition) is 0. The molecule has 0 aromatic carbocycles. The Morgan fingerprint density at radius 3 is 2.50 bits per heavy atom. The number of hydrogen-bond acceptors (Lipinski definition) is 4. The Labute approximate surface area is 84.8 Å². The molecule has 82 valence electrons. The van der Waals surface area contributed by atoms with Crippen molar-refractivity contribution in [2.75, 3.05) is 20.3 Å². The molecule has 0 radical (unpaired) electrons. The fourth-order valence-corrected chi connectivity index (χ4v) is 0.863. The Kier molecular flexibility index (Phi) is 7.06. The number of methoxy groups -OCH3 is 1. The molecular weight excluding hydrogens is 184 g/mol. The SMILES string of the molecule is C=CC(=O)OC(C)COC(C)COC. The van der Waals surface area contributed by atoms with Crippen LogP contribution in [0.25, 0.3) is 0 Å². The fourth-order valence-electron chi connectivity index (χ4n) is 0.863. The number of rotatable bonds is 7. The molecule has 2 atom stereocenters. The normalized spacial score (nSPS) is 14.5. The van der Waals surface area contributed by atoms with Gasteiger partial charge in [-0.25, -0.2) is 4.79 Å². The highest BCUT2D eigenvalue weighted by molar-refractivity contribution is 5.81. The van der Waals surface area contributed by atoms with Crippen LogP contribution in [0.1, 0.15) is 13.8 Å². The zero-order valence-corrected chi connectivity index (χ0v) is 8.99. The minimum atomic E-state index is -0.430. The van der Waals surface area contributed by atoms with Gasteiger partial charge in [0.05, 0.1) is 19.3 Å². The summed E-state index contributed by atoms with van der Waals surface area (Å²) in [5.41, 5.74) is 0. The first-order valence-electron chi connectivity index (χ1n) is 4.53. The topological polar surface area (TPSA) is 44.8 Å². The molecule has 2 unspecified atom stereocenters. The van der Waals surface area contributed by atoms with Gasteiger partial charge in [-0.2, -0.15) is 0 Å². The van der Waals surface area contributed by atoms with E-state index in [-0.39, 0.29) is 12.2 Å². The van der Waals surface area contributed by atoms with Gasteiger partial charge in [0.25, 0.3) is 0 Å². The van der Waals surface area contributed by atoms with Crippen molar-refractivity contribution in [3.05, 3.63) is 12.7 Å². The molecule has 0 saturated heterocycles. The number of esters is 1. The number of carbonyl (C=O) groups excluding carboxylic acids is 1. The summed E-state index contributed by atoms with van der Waals surface area (Å²) in [4.78, 5) is 10.8. The zero-order valence-electron chi connectivity index (χ0n) is 8.99. The third-order valence-electron chi connectivity index (χ3n) is 1.50. The van der Waals surface area contributed by atoms with Crippen molar-refractivity contribution in [1.82, 2.24) is 0 Å². The Morgan fingerprint density at radius 2 is 2.00 bits per heavy atom. The van der Waals surface area contributed by atoms with Crippen molar-refractivity contribution in [2.45, 2.75) is 26.1 Å². The van der Waals surface area contributed by atoms with Gasteiger partial charge in [0.2, 0.25) is 0 Å². The van der Waals surface area contributed by atoms with E-state index in [1.807, 2.05) is 6.92 Å². The molecule has 0 aliphatic carbocycles. The zero-order chi connectivity index (χ0) is 11.0. The summed E-state index contributed by atoms with van der Waals surface area (Å²) >= 11 is 0. The molecule has 0 aliphatic heterocycles. The molecule has 0 saturated carbocycles. The van der Waals surface area contributed by atoms with Crippen LogP contribution in [0.2, 0.25) is 0 Å². The Bertz CT molecular complexity index is 179. The average molecular weight is 202 g/mol. The first-order valence-corrected chi connectivity index (χ1v) is 4.53. The van der Waals surface area contributed by atoms with Crippen LogP contribution in [0, 0.1) is 0 Å². The van der Waals surface area contributed by atoms with E-state index in [0.717, 1.165) is 6.08 Å². The summed E-state index contributed by atoms with van der Waals surface area (Å²) in [6.07, 6.45) is 0.874. The molecular formula is C10H18O4. The van der Waals surface area contributed by atoms with E-state index in [1.54, 1.807) is 14.0 Å². The molecule has 0 aromatic rings. The molecule has 0 fully saturated rings. The van der Waals surface area contributed by atoms with E-state index >= 15 is 0 Å². The van der Waals surface area contributed by atoms with Crippen molar-refractivity contribution < 1.29 is 19.0 Å². The molecule has 0 rings (SSSR count). The van der Waals surface area contributed by atoms with Crippen molar-refractivity contribution >= 4 is 5.97 Å². The van der Waals surface area contributed by atoms with Crippen LogP contribution in [0.4, 0.5) is 0 Å². The van der Waals surface area contributed by atoms with E-state index in [2.05, 4.69) is 6.58 Å². The highest BCUT2D eigenvalue weighted by Gasteiger charge is 2.09. The maximum Gasteiger partial charge on any atom is 0.330 e. The Morgan fingerprint density at radius 1 is 1.36 bits per heavy atom. The minimum Gasteiger partial charge on any atom is -0.457 e. The summed E-state index contributed by atoms with van der Waals surface area (Å²) < 4.78 is 15.1. The molecule has 0 aromatic heterocycles. The van der Waals surface area contributed by atoms with Gasteiger partial charge in [0.15, 0.2) is 0 Å². The highest BCUT2D eigenvalue weighted by atomic mass is 16.6. The molecule has 0 bridgehead atoms. The summed E-state index contributed by atoms with van der Waals surface area (Å²) in [6, 6.07) is 0. The molecule has 14 heavy (non-hydrogen) atoms. The second kappa shape index (κ2) is 7.53. The molecule has 0 aliphatic rings. The minimum absolute atomic E-state index is 0.00452. The van der Waals surface area contributed by atoms with Gasteiger partial charge in [-0.05, 0) is 13.8 Å². The Hall–Kier alpha value is -0.870. The third kappa shape index (κ3) is 6.62. The van der Waals surface area contributed by atoms with Crippen LogP contribution in [0.3, 0.4) is 0 Å². The van der Waals surface area contributed by atoms with Gasteiger partial charge < -0.3 is 14.2 Å². The van der Waals surface area contributed by atoms with Crippen molar-refractivity contribution in [3.63, 3.8) is 0 Å². The van der Waals surface area contributed by atoms with Gasteiger partial charge in [-0.15, -0.1) is 0 Å². The monoisotopic (exact) mass is 202 g/mol. The van der Waals surface area contributed by atoms with Gasteiger partial charge in [0, 0.05) is 13.2 Å². The predicted molar refractivity (Wildman–Crippen MR) is 53.0 cm³/mol. The fraction of sp³-hybridized carbons (Fsp3) is 0.700. The number of carbonyl (C=O) groups is 1. The van der Waals surface area contributed by atoms with E-state index in [0.29, 0.717) is 13.2 Å². The van der Waals surface area contributed by atoms with E-state index in [1.165, 1.54) is 0 Å². The number of ether oxygens (including phenoxy) is 3. The average Bonchev–Trinajstić information content (AvgIpc) is 2.15. The van der Waals surface area contributed by atoms with Crippen LogP contribution in [-0.4, -0.2) is 38.5 Å². The lowest BCUT2D eigenvalue weighted by Gasteiger charge is -2.16. The predicted octanol–water partition coefficient (Wildman–Crippen LogP) is 1.16. The lowest BCUT2D eigenvalue weighted by molar-refractivity contribution is -0.146. The van der Waals surface area contributed by atoms with Gasteiger partial charge >= 0.3 is 5.97 Å². The second-order valence-corrected chi connectivity index (χ2v) is 3.05. The summed E-state index contributed by atoms with van der Waals surface area (Å²) in [5, 5.41) is 0. The molecule has 4 nitrogen and oxygen atoms in total. The quantitative estimate of drug-likeness (QED) is 0.459. The summed E-state index contributed by atoms with van der Waals surface area (Å²) in [7, 11) is 1.61. The smallest absolute Gasteiger partial charge is 0.330 e. The van der Waals surface area contributed by atoms with Gasteiger partial charge in [0.1, 0.15) is 6.10 Å². The first kappa shape index (κ1) is 13.1. The lowest BCUT2D eigenvalue weighted by Crippen LogP contribution is -2.24. The van der Waals surface area contributed by atoms with Gasteiger partial charge in [-0.1, -0.05) is 6.58 Å².